The Labute approximate surface area is 86.2 Å². The zero-order valence-electron chi connectivity index (χ0n) is 8.21. The number of aryl methyl sites for hydroxylation is 1. The van der Waals surface area contributed by atoms with E-state index in [4.69, 9.17) is 5.90 Å². The van der Waals surface area contributed by atoms with Crippen molar-refractivity contribution in [3.05, 3.63) is 33.2 Å². The second-order valence-corrected chi connectivity index (χ2v) is 3.62. The third-order valence-corrected chi connectivity index (χ3v) is 2.67. The molecule has 0 saturated carbocycles. The highest BCUT2D eigenvalue weighted by molar-refractivity contribution is 5.91. The van der Waals surface area contributed by atoms with Gasteiger partial charge in [0.25, 0.3) is 0 Å². The number of pyridine rings is 1. The summed E-state index contributed by atoms with van der Waals surface area (Å²) in [6, 6.07) is 1.25. The van der Waals surface area contributed by atoms with E-state index in [0.717, 1.165) is 36.9 Å². The van der Waals surface area contributed by atoms with Crippen molar-refractivity contribution in [2.45, 2.75) is 25.7 Å². The zero-order valence-corrected chi connectivity index (χ0v) is 8.21. The van der Waals surface area contributed by atoms with Gasteiger partial charge < -0.3 is 9.82 Å². The second kappa shape index (κ2) is 3.86. The molecular weight excluding hydrogens is 196 g/mol. The highest BCUT2D eigenvalue weighted by Gasteiger charge is 2.19. The van der Waals surface area contributed by atoms with Gasteiger partial charge in [0.2, 0.25) is 5.56 Å². The molecule has 3 N–H and O–H groups in total. The summed E-state index contributed by atoms with van der Waals surface area (Å²) in [5, 5.41) is 0. The minimum atomic E-state index is -0.640. The van der Waals surface area contributed by atoms with Crippen molar-refractivity contribution in [3.63, 3.8) is 0 Å². The predicted octanol–water partition coefficient (Wildman–Crippen LogP) is 0.284. The largest absolute Gasteiger partial charge is 0.370 e. The average molecular weight is 208 g/mol. The molecule has 2 rings (SSSR count). The first kappa shape index (κ1) is 9.92. The summed E-state index contributed by atoms with van der Waals surface area (Å²) >= 11 is 0. The Morgan fingerprint density at radius 2 is 2.13 bits per heavy atom. The van der Waals surface area contributed by atoms with Crippen molar-refractivity contribution in [3.8, 4) is 0 Å². The molecular formula is C10H12N2O3. The van der Waals surface area contributed by atoms with Gasteiger partial charge in [0.05, 0.1) is 5.56 Å². The van der Waals surface area contributed by atoms with Crippen LogP contribution in [0, 0.1) is 0 Å². The van der Waals surface area contributed by atoms with Crippen LogP contribution in [0.4, 0.5) is 0 Å². The Morgan fingerprint density at radius 3 is 2.87 bits per heavy atom. The van der Waals surface area contributed by atoms with Gasteiger partial charge in [0.15, 0.2) is 0 Å². The molecule has 1 aliphatic rings. The van der Waals surface area contributed by atoms with E-state index in [1.807, 2.05) is 0 Å². The van der Waals surface area contributed by atoms with E-state index in [1.165, 1.54) is 6.07 Å². The van der Waals surface area contributed by atoms with Gasteiger partial charge in [0.1, 0.15) is 0 Å². The number of carbonyl (C=O) groups is 1. The molecule has 1 aromatic rings. The van der Waals surface area contributed by atoms with E-state index >= 15 is 0 Å². The number of nitrogens with one attached hydrogen (secondary N) is 1. The molecule has 0 aliphatic heterocycles. The Hall–Kier alpha value is -1.62. The van der Waals surface area contributed by atoms with Gasteiger partial charge in [-0.15, -0.1) is 0 Å². The molecule has 0 radical (unpaired) electrons. The van der Waals surface area contributed by atoms with E-state index in [2.05, 4.69) is 9.82 Å². The molecule has 0 unspecified atom stereocenters. The summed E-state index contributed by atoms with van der Waals surface area (Å²) in [5.41, 5.74) is 1.73. The van der Waals surface area contributed by atoms with E-state index in [1.54, 1.807) is 0 Å². The highest BCUT2D eigenvalue weighted by atomic mass is 16.7. The van der Waals surface area contributed by atoms with Crippen LogP contribution in [0.3, 0.4) is 0 Å². The fourth-order valence-electron chi connectivity index (χ4n) is 1.99. The normalized spacial score (nSPS) is 14.5. The molecule has 0 saturated heterocycles. The third-order valence-electron chi connectivity index (χ3n) is 2.67. The molecule has 5 heteroatoms. The fraction of sp³-hybridized carbons (Fsp3) is 0.400. The van der Waals surface area contributed by atoms with Gasteiger partial charge in [-0.25, -0.2) is 4.79 Å². The van der Waals surface area contributed by atoms with Crippen LogP contribution >= 0.6 is 0 Å². The van der Waals surface area contributed by atoms with Gasteiger partial charge in [-0.1, -0.05) is 0 Å². The first-order chi connectivity index (χ1) is 7.22. The van der Waals surface area contributed by atoms with Crippen LogP contribution in [0.5, 0.6) is 0 Å². The number of nitrogens with two attached hydrogens (primary N) is 1. The molecule has 0 bridgehead atoms. The van der Waals surface area contributed by atoms with Crippen molar-refractivity contribution in [1.29, 1.82) is 0 Å². The molecule has 1 aromatic heterocycles. The predicted molar refractivity (Wildman–Crippen MR) is 53.3 cm³/mol. The first-order valence-electron chi connectivity index (χ1n) is 4.88. The maximum Gasteiger partial charge on any atom is 0.357 e. The van der Waals surface area contributed by atoms with Crippen molar-refractivity contribution in [2.24, 2.45) is 5.90 Å². The van der Waals surface area contributed by atoms with Crippen LogP contribution in [0.1, 0.15) is 34.5 Å². The SMILES string of the molecule is NOC(=O)c1cc(=O)[nH]c2c1CCCC2. The van der Waals surface area contributed by atoms with Crippen LogP contribution in [0.2, 0.25) is 0 Å². The number of hydrogen-bond acceptors (Lipinski definition) is 4. The van der Waals surface area contributed by atoms with Crippen molar-refractivity contribution >= 4 is 5.97 Å². The third kappa shape index (κ3) is 1.78. The number of aromatic nitrogens is 1. The van der Waals surface area contributed by atoms with Gasteiger partial charge in [-0.2, -0.15) is 5.90 Å². The van der Waals surface area contributed by atoms with Gasteiger partial charge in [-0.3, -0.25) is 4.79 Å². The molecule has 15 heavy (non-hydrogen) atoms. The lowest BCUT2D eigenvalue weighted by Gasteiger charge is -2.17. The molecule has 5 nitrogen and oxygen atoms in total. The summed E-state index contributed by atoms with van der Waals surface area (Å²) < 4.78 is 0. The van der Waals surface area contributed by atoms with Crippen molar-refractivity contribution in [2.75, 3.05) is 0 Å². The van der Waals surface area contributed by atoms with Crippen LogP contribution < -0.4 is 11.5 Å². The Bertz CT molecular complexity index is 450. The topological polar surface area (TPSA) is 85.2 Å². The summed E-state index contributed by atoms with van der Waals surface area (Å²) in [4.78, 5) is 29.5. The molecule has 1 aliphatic carbocycles. The number of aromatic amines is 1. The van der Waals surface area contributed by atoms with Gasteiger partial charge in [-0.05, 0) is 31.2 Å². The summed E-state index contributed by atoms with van der Waals surface area (Å²) in [6.07, 6.45) is 3.64. The minimum Gasteiger partial charge on any atom is -0.370 e. The van der Waals surface area contributed by atoms with Crippen LogP contribution in [0.25, 0.3) is 0 Å². The monoisotopic (exact) mass is 208 g/mol. The molecule has 0 spiro atoms. The molecule has 0 amide bonds. The Kier molecular flexibility index (Phi) is 2.55. The maximum atomic E-state index is 11.3. The fourth-order valence-corrected chi connectivity index (χ4v) is 1.99. The van der Waals surface area contributed by atoms with Crippen molar-refractivity contribution < 1.29 is 9.63 Å². The summed E-state index contributed by atoms with van der Waals surface area (Å²) in [7, 11) is 0. The minimum absolute atomic E-state index is 0.281. The molecule has 1 heterocycles. The first-order valence-corrected chi connectivity index (χ1v) is 4.88. The summed E-state index contributed by atoms with van der Waals surface area (Å²) in [5.74, 6) is 4.19. The van der Waals surface area contributed by atoms with E-state index in [9.17, 15) is 9.59 Å². The molecule has 80 valence electrons. The highest BCUT2D eigenvalue weighted by Crippen LogP contribution is 2.21. The van der Waals surface area contributed by atoms with Gasteiger partial charge in [0, 0.05) is 11.8 Å². The Morgan fingerprint density at radius 1 is 1.40 bits per heavy atom. The molecule has 0 fully saturated rings. The van der Waals surface area contributed by atoms with Gasteiger partial charge >= 0.3 is 5.97 Å². The maximum absolute atomic E-state index is 11.3. The standard InChI is InChI=1S/C10H12N2O3/c11-15-10(14)7-5-9(13)12-8-4-2-1-3-6(7)8/h5H,1-4,11H2,(H,12,13). The average Bonchev–Trinajstić information content (AvgIpc) is 2.26. The lowest BCUT2D eigenvalue weighted by molar-refractivity contribution is 0.0501. The van der Waals surface area contributed by atoms with Crippen LogP contribution in [0.15, 0.2) is 10.9 Å². The Balaban J connectivity index is 2.57. The van der Waals surface area contributed by atoms with Crippen molar-refractivity contribution in [1.82, 2.24) is 4.98 Å². The number of fused-ring (bicyclic) bond motifs is 1. The lowest BCUT2D eigenvalue weighted by atomic mass is 9.92. The number of carbonyl (C=O) groups excluding carboxylic acids is 1. The number of rotatable bonds is 1. The lowest BCUT2D eigenvalue weighted by Crippen LogP contribution is -2.22. The smallest absolute Gasteiger partial charge is 0.357 e. The van der Waals surface area contributed by atoms with E-state index < -0.39 is 5.97 Å². The quantitative estimate of drug-likeness (QED) is 0.649. The summed E-state index contributed by atoms with van der Waals surface area (Å²) in [6.45, 7) is 0. The second-order valence-electron chi connectivity index (χ2n) is 3.62. The van der Waals surface area contributed by atoms with E-state index in [0.29, 0.717) is 5.56 Å². The van der Waals surface area contributed by atoms with E-state index in [-0.39, 0.29) is 5.56 Å². The molecule has 0 atom stereocenters. The number of hydrogen-bond donors (Lipinski definition) is 2. The van der Waals surface area contributed by atoms with Crippen LogP contribution in [-0.4, -0.2) is 11.0 Å². The molecule has 0 aromatic carbocycles. The van der Waals surface area contributed by atoms with Crippen LogP contribution in [-0.2, 0) is 17.7 Å². The zero-order chi connectivity index (χ0) is 10.8. The number of H-pyrrole nitrogens is 1.